The van der Waals surface area contributed by atoms with E-state index in [1.54, 1.807) is 7.11 Å². The summed E-state index contributed by atoms with van der Waals surface area (Å²) in [5.74, 6) is -0.0430. The molecule has 3 rings (SSSR count). The van der Waals surface area contributed by atoms with Crippen LogP contribution in [0.25, 0.3) is 0 Å². The zero-order valence-electron chi connectivity index (χ0n) is 13.7. The summed E-state index contributed by atoms with van der Waals surface area (Å²) in [4.78, 5) is 14.2. The molecule has 1 aliphatic heterocycles. The Morgan fingerprint density at radius 3 is 2.83 bits per heavy atom. The first-order valence-corrected chi connectivity index (χ1v) is 8.83. The monoisotopic (exact) mass is 340 g/mol. The molecule has 0 aromatic carbocycles. The lowest BCUT2D eigenvalue weighted by Crippen LogP contribution is -2.50. The molecule has 0 spiro atoms. The minimum atomic E-state index is -0.322. The van der Waals surface area contributed by atoms with E-state index in [9.17, 15) is 4.79 Å². The molecule has 0 bridgehead atoms. The number of carbonyl (C=O) groups excluding carboxylic acids is 1. The van der Waals surface area contributed by atoms with Crippen LogP contribution in [-0.4, -0.2) is 53.7 Å². The number of halogens is 1. The Bertz CT molecular complexity index is 536. The van der Waals surface area contributed by atoms with Gasteiger partial charge in [0.05, 0.1) is 18.7 Å². The maximum Gasteiger partial charge on any atom is 0.237 e. The van der Waals surface area contributed by atoms with E-state index in [1.165, 1.54) is 18.5 Å². The van der Waals surface area contributed by atoms with E-state index in [0.29, 0.717) is 32.3 Å². The van der Waals surface area contributed by atoms with E-state index in [1.807, 2.05) is 4.90 Å². The molecule has 1 saturated heterocycles. The fourth-order valence-corrected chi connectivity index (χ4v) is 3.47. The molecule has 5 nitrogen and oxygen atoms in total. The Balaban J connectivity index is 1.74. The van der Waals surface area contributed by atoms with Gasteiger partial charge in [-0.2, -0.15) is 0 Å². The normalized spacial score (nSPS) is 20.4. The standard InChI is InChI=1S/C17H25ClN2O3/c1-22-17(6-9-23-10-7-17)13-19(16(21)11-18)12-15-3-2-8-20(15)14-4-5-14/h2-3,8,14H,4-7,9-13H2,1H3. The van der Waals surface area contributed by atoms with Crippen molar-refractivity contribution in [1.29, 1.82) is 0 Å². The smallest absolute Gasteiger partial charge is 0.237 e. The second kappa shape index (κ2) is 7.24. The first-order valence-electron chi connectivity index (χ1n) is 8.30. The van der Waals surface area contributed by atoms with Crippen molar-refractivity contribution in [2.75, 3.05) is 32.7 Å². The molecule has 1 aromatic rings. The van der Waals surface area contributed by atoms with E-state index in [2.05, 4.69) is 22.9 Å². The molecule has 2 aliphatic rings. The Morgan fingerprint density at radius 1 is 1.48 bits per heavy atom. The number of ether oxygens (including phenoxy) is 2. The van der Waals surface area contributed by atoms with Gasteiger partial charge in [-0.3, -0.25) is 4.79 Å². The number of nitrogens with zero attached hydrogens (tertiary/aromatic N) is 2. The summed E-state index contributed by atoms with van der Waals surface area (Å²) in [5, 5.41) is 0. The van der Waals surface area contributed by atoms with Crippen LogP contribution in [0.2, 0.25) is 0 Å². The van der Waals surface area contributed by atoms with Crippen LogP contribution < -0.4 is 0 Å². The molecule has 128 valence electrons. The van der Waals surface area contributed by atoms with Crippen LogP contribution in [0.4, 0.5) is 0 Å². The number of carbonyl (C=O) groups is 1. The summed E-state index contributed by atoms with van der Waals surface area (Å²) in [6.45, 7) is 2.50. The van der Waals surface area contributed by atoms with Gasteiger partial charge in [0, 0.05) is 51.1 Å². The van der Waals surface area contributed by atoms with Gasteiger partial charge >= 0.3 is 0 Å². The molecule has 2 heterocycles. The van der Waals surface area contributed by atoms with Crippen LogP contribution in [-0.2, 0) is 20.8 Å². The number of hydrogen-bond acceptors (Lipinski definition) is 3. The molecule has 1 saturated carbocycles. The maximum absolute atomic E-state index is 12.4. The van der Waals surface area contributed by atoms with Crippen LogP contribution >= 0.6 is 11.6 Å². The lowest BCUT2D eigenvalue weighted by Gasteiger charge is -2.39. The molecular weight excluding hydrogens is 316 g/mol. The predicted octanol–water partition coefficient (Wildman–Crippen LogP) is 2.59. The largest absolute Gasteiger partial charge is 0.381 e. The van der Waals surface area contributed by atoms with Crippen molar-refractivity contribution < 1.29 is 14.3 Å². The summed E-state index contributed by atoms with van der Waals surface area (Å²) in [5.41, 5.74) is 0.848. The fraction of sp³-hybridized carbons (Fsp3) is 0.706. The predicted molar refractivity (Wildman–Crippen MR) is 88.6 cm³/mol. The van der Waals surface area contributed by atoms with E-state index in [-0.39, 0.29) is 17.4 Å². The van der Waals surface area contributed by atoms with Gasteiger partial charge in [-0.05, 0) is 25.0 Å². The van der Waals surface area contributed by atoms with Gasteiger partial charge < -0.3 is 18.9 Å². The van der Waals surface area contributed by atoms with Crippen molar-refractivity contribution in [3.05, 3.63) is 24.0 Å². The van der Waals surface area contributed by atoms with Crippen molar-refractivity contribution in [2.24, 2.45) is 0 Å². The van der Waals surface area contributed by atoms with Crippen molar-refractivity contribution in [3.63, 3.8) is 0 Å². The van der Waals surface area contributed by atoms with Crippen molar-refractivity contribution in [1.82, 2.24) is 9.47 Å². The highest BCUT2D eigenvalue weighted by Gasteiger charge is 2.36. The minimum absolute atomic E-state index is 0.000428. The average Bonchev–Trinajstić information content (AvgIpc) is 3.33. The summed E-state index contributed by atoms with van der Waals surface area (Å²) < 4.78 is 13.5. The summed E-state index contributed by atoms with van der Waals surface area (Å²) in [6.07, 6.45) is 6.17. The molecule has 23 heavy (non-hydrogen) atoms. The molecule has 0 atom stereocenters. The molecule has 6 heteroatoms. The number of alkyl halides is 1. The van der Waals surface area contributed by atoms with Crippen LogP contribution in [0.15, 0.2) is 18.3 Å². The SMILES string of the molecule is COC1(CN(Cc2cccn2C2CC2)C(=O)CCl)CCOCC1. The number of aromatic nitrogens is 1. The second-order valence-electron chi connectivity index (χ2n) is 6.52. The molecule has 0 N–H and O–H groups in total. The third kappa shape index (κ3) is 3.90. The molecular formula is C17H25ClN2O3. The highest BCUT2D eigenvalue weighted by atomic mass is 35.5. The van der Waals surface area contributed by atoms with Crippen LogP contribution in [0.1, 0.15) is 37.4 Å². The quantitative estimate of drug-likeness (QED) is 0.717. The Labute approximate surface area is 142 Å². The molecule has 1 amide bonds. The van der Waals surface area contributed by atoms with Gasteiger partial charge in [0.1, 0.15) is 5.88 Å². The Hall–Kier alpha value is -1.04. The van der Waals surface area contributed by atoms with E-state index < -0.39 is 0 Å². The van der Waals surface area contributed by atoms with E-state index >= 15 is 0 Å². The van der Waals surface area contributed by atoms with Gasteiger partial charge in [-0.1, -0.05) is 0 Å². The minimum Gasteiger partial charge on any atom is -0.381 e. The van der Waals surface area contributed by atoms with Gasteiger partial charge in [0.25, 0.3) is 0 Å². The lowest BCUT2D eigenvalue weighted by atomic mass is 9.93. The summed E-state index contributed by atoms with van der Waals surface area (Å²) in [7, 11) is 1.72. The first kappa shape index (κ1) is 16.8. The van der Waals surface area contributed by atoms with Gasteiger partial charge in [0.15, 0.2) is 0 Å². The molecule has 1 aromatic heterocycles. The highest BCUT2D eigenvalue weighted by Crippen LogP contribution is 2.36. The average molecular weight is 341 g/mol. The number of hydrogen-bond donors (Lipinski definition) is 0. The zero-order chi connectivity index (χ0) is 16.3. The van der Waals surface area contributed by atoms with Crippen molar-refractivity contribution in [3.8, 4) is 0 Å². The van der Waals surface area contributed by atoms with Gasteiger partial charge in [-0.25, -0.2) is 0 Å². The number of methoxy groups -OCH3 is 1. The Kier molecular flexibility index (Phi) is 5.29. The fourth-order valence-electron chi connectivity index (χ4n) is 3.30. The van der Waals surface area contributed by atoms with Crippen molar-refractivity contribution in [2.45, 2.75) is 43.9 Å². The van der Waals surface area contributed by atoms with Crippen LogP contribution in [0.3, 0.4) is 0 Å². The third-order valence-corrected chi connectivity index (χ3v) is 5.17. The highest BCUT2D eigenvalue weighted by molar-refractivity contribution is 6.27. The van der Waals surface area contributed by atoms with E-state index in [0.717, 1.165) is 12.8 Å². The molecule has 1 aliphatic carbocycles. The van der Waals surface area contributed by atoms with Gasteiger partial charge in [0.2, 0.25) is 5.91 Å². The molecule has 0 unspecified atom stereocenters. The Morgan fingerprint density at radius 2 is 2.22 bits per heavy atom. The summed E-state index contributed by atoms with van der Waals surface area (Å²) >= 11 is 5.84. The summed E-state index contributed by atoms with van der Waals surface area (Å²) in [6, 6.07) is 4.75. The van der Waals surface area contributed by atoms with Crippen LogP contribution in [0.5, 0.6) is 0 Å². The molecule has 2 fully saturated rings. The number of rotatable bonds is 7. The third-order valence-electron chi connectivity index (χ3n) is 4.94. The molecule has 0 radical (unpaired) electrons. The number of amides is 1. The maximum atomic E-state index is 12.4. The second-order valence-corrected chi connectivity index (χ2v) is 6.79. The lowest BCUT2D eigenvalue weighted by molar-refractivity contribution is -0.141. The first-order chi connectivity index (χ1) is 11.2. The van der Waals surface area contributed by atoms with E-state index in [4.69, 9.17) is 21.1 Å². The van der Waals surface area contributed by atoms with Crippen LogP contribution in [0, 0.1) is 0 Å². The topological polar surface area (TPSA) is 43.7 Å². The van der Waals surface area contributed by atoms with Crippen molar-refractivity contribution >= 4 is 17.5 Å². The zero-order valence-corrected chi connectivity index (χ0v) is 14.4. The van der Waals surface area contributed by atoms with Gasteiger partial charge in [-0.15, -0.1) is 11.6 Å².